The lowest BCUT2D eigenvalue weighted by molar-refractivity contribution is -0.168. The third-order valence-corrected chi connectivity index (χ3v) is 5.63. The Bertz CT molecular complexity index is 798. The van der Waals surface area contributed by atoms with Crippen LogP contribution in [0.25, 0.3) is 0 Å². The Kier molecular flexibility index (Phi) is 4.66. The molecule has 1 N–H and O–H groups in total. The topological polar surface area (TPSA) is 60.9 Å². The van der Waals surface area contributed by atoms with Crippen LogP contribution in [0.15, 0.2) is 34.1 Å². The molecule has 2 aromatic rings. The summed E-state index contributed by atoms with van der Waals surface area (Å²) in [5, 5.41) is 13.0. The first-order valence-electron chi connectivity index (χ1n) is 6.39. The second-order valence-corrected chi connectivity index (χ2v) is 7.54. The van der Waals surface area contributed by atoms with Crippen molar-refractivity contribution < 1.29 is 14.8 Å². The van der Waals surface area contributed by atoms with Gasteiger partial charge in [0.1, 0.15) is 6.54 Å². The van der Waals surface area contributed by atoms with Gasteiger partial charge in [0, 0.05) is 14.9 Å². The van der Waals surface area contributed by atoms with Gasteiger partial charge in [-0.15, -0.1) is 11.3 Å². The molecule has 1 aromatic heterocycles. The smallest absolute Gasteiger partial charge is 0.267 e. The van der Waals surface area contributed by atoms with Crippen LogP contribution >= 0.6 is 50.5 Å². The van der Waals surface area contributed by atoms with E-state index in [1.807, 2.05) is 5.38 Å². The molecule has 1 fully saturated rings. The van der Waals surface area contributed by atoms with Crippen LogP contribution in [-0.2, 0) is 4.79 Å². The summed E-state index contributed by atoms with van der Waals surface area (Å²) in [6, 6.07) is 6.26. The molecule has 0 aliphatic carbocycles. The van der Waals surface area contributed by atoms with Crippen molar-refractivity contribution >= 4 is 62.3 Å². The quantitative estimate of drug-likeness (QED) is 0.719. The van der Waals surface area contributed by atoms with Gasteiger partial charge in [-0.2, -0.15) is 5.06 Å². The maximum absolute atomic E-state index is 12.8. The van der Waals surface area contributed by atoms with Gasteiger partial charge in [-0.25, -0.2) is 0 Å². The SMILES string of the molecule is O=C1CN(C(=O)c2ccc(Cl)cc2Cl)C(c2cc(Br)cs2)N1O. The number of carbonyl (C=O) groups excluding carboxylic acids is 2. The number of hydroxylamine groups is 2. The molecule has 1 unspecified atom stereocenters. The lowest BCUT2D eigenvalue weighted by Gasteiger charge is -2.25. The van der Waals surface area contributed by atoms with Crippen LogP contribution in [0.1, 0.15) is 21.4 Å². The second kappa shape index (κ2) is 6.41. The van der Waals surface area contributed by atoms with Gasteiger partial charge in [-0.05, 0) is 40.2 Å². The summed E-state index contributed by atoms with van der Waals surface area (Å²) in [5.41, 5.74) is 0.222. The Labute approximate surface area is 154 Å². The summed E-state index contributed by atoms with van der Waals surface area (Å²) in [5.74, 6) is -1.01. The maximum atomic E-state index is 12.8. The van der Waals surface area contributed by atoms with Crippen molar-refractivity contribution in [1.29, 1.82) is 0 Å². The van der Waals surface area contributed by atoms with Crippen molar-refractivity contribution in [3.63, 3.8) is 0 Å². The number of halogens is 3. The molecular formula is C14H9BrCl2N2O3S. The molecule has 120 valence electrons. The number of carbonyl (C=O) groups is 2. The first kappa shape index (κ1) is 16.7. The third-order valence-electron chi connectivity index (χ3n) is 3.35. The van der Waals surface area contributed by atoms with Gasteiger partial charge in [-0.3, -0.25) is 14.8 Å². The van der Waals surface area contributed by atoms with Gasteiger partial charge in [0.2, 0.25) is 0 Å². The van der Waals surface area contributed by atoms with Gasteiger partial charge in [0.05, 0.1) is 15.5 Å². The predicted octanol–water partition coefficient (Wildman–Crippen LogP) is 4.19. The Morgan fingerprint density at radius 2 is 2.09 bits per heavy atom. The van der Waals surface area contributed by atoms with Crippen molar-refractivity contribution in [3.05, 3.63) is 54.6 Å². The fourth-order valence-corrected chi connectivity index (χ4v) is 4.34. The monoisotopic (exact) mass is 434 g/mol. The largest absolute Gasteiger partial charge is 0.302 e. The molecule has 0 bridgehead atoms. The van der Waals surface area contributed by atoms with E-state index in [0.29, 0.717) is 15.0 Å². The average molecular weight is 436 g/mol. The Hall–Kier alpha value is -1.12. The number of rotatable bonds is 2. The number of amides is 2. The molecule has 1 aliphatic heterocycles. The highest BCUT2D eigenvalue weighted by Crippen LogP contribution is 2.36. The molecule has 1 saturated heterocycles. The zero-order valence-electron chi connectivity index (χ0n) is 11.4. The van der Waals surface area contributed by atoms with E-state index in [2.05, 4.69) is 15.9 Å². The predicted molar refractivity (Wildman–Crippen MR) is 90.9 cm³/mol. The number of hydrogen-bond donors (Lipinski definition) is 1. The van der Waals surface area contributed by atoms with Crippen molar-refractivity contribution in [3.8, 4) is 0 Å². The van der Waals surface area contributed by atoms with Crippen LogP contribution in [0.4, 0.5) is 0 Å². The van der Waals surface area contributed by atoms with E-state index >= 15 is 0 Å². The van der Waals surface area contributed by atoms with E-state index in [1.54, 1.807) is 12.1 Å². The fraction of sp³-hybridized carbons (Fsp3) is 0.143. The Morgan fingerprint density at radius 3 is 2.70 bits per heavy atom. The van der Waals surface area contributed by atoms with Gasteiger partial charge < -0.3 is 4.90 Å². The van der Waals surface area contributed by atoms with Crippen LogP contribution in [0.3, 0.4) is 0 Å². The van der Waals surface area contributed by atoms with Crippen molar-refractivity contribution in [1.82, 2.24) is 9.96 Å². The summed E-state index contributed by atoms with van der Waals surface area (Å²) in [4.78, 5) is 26.6. The standard InChI is InChI=1S/C14H9BrCl2N2O3S/c15-7-3-11(23-6-7)13-18(5-12(20)19(13)22)14(21)9-2-1-8(16)4-10(9)17/h1-4,6,13,22H,5H2. The Balaban J connectivity index is 1.99. The van der Waals surface area contributed by atoms with Crippen LogP contribution in [-0.4, -0.2) is 33.5 Å². The first-order chi connectivity index (χ1) is 10.9. The lowest BCUT2D eigenvalue weighted by atomic mass is 10.2. The van der Waals surface area contributed by atoms with Crippen LogP contribution < -0.4 is 0 Å². The molecule has 5 nitrogen and oxygen atoms in total. The fourth-order valence-electron chi connectivity index (χ4n) is 2.31. The normalized spacial score (nSPS) is 17.9. The van der Waals surface area contributed by atoms with Gasteiger partial charge in [0.15, 0.2) is 6.17 Å². The molecule has 2 heterocycles. The molecule has 1 aliphatic rings. The molecule has 0 radical (unpaired) electrons. The van der Waals surface area contributed by atoms with E-state index in [4.69, 9.17) is 23.2 Å². The minimum atomic E-state index is -0.877. The van der Waals surface area contributed by atoms with E-state index in [-0.39, 0.29) is 17.1 Å². The van der Waals surface area contributed by atoms with Crippen molar-refractivity contribution in [2.45, 2.75) is 6.17 Å². The lowest BCUT2D eigenvalue weighted by Crippen LogP contribution is -2.34. The number of benzene rings is 1. The molecule has 1 aromatic carbocycles. The van der Waals surface area contributed by atoms with E-state index in [0.717, 1.165) is 4.47 Å². The highest BCUT2D eigenvalue weighted by molar-refractivity contribution is 9.10. The zero-order chi connectivity index (χ0) is 16.7. The first-order valence-corrected chi connectivity index (χ1v) is 8.82. The average Bonchev–Trinajstić information content (AvgIpc) is 3.03. The van der Waals surface area contributed by atoms with E-state index in [9.17, 15) is 14.8 Å². The zero-order valence-corrected chi connectivity index (χ0v) is 15.3. The number of thiophene rings is 1. The highest BCUT2D eigenvalue weighted by atomic mass is 79.9. The summed E-state index contributed by atoms with van der Waals surface area (Å²) >= 11 is 16.6. The van der Waals surface area contributed by atoms with Gasteiger partial charge in [-0.1, -0.05) is 23.2 Å². The highest BCUT2D eigenvalue weighted by Gasteiger charge is 2.42. The van der Waals surface area contributed by atoms with Gasteiger partial charge >= 0.3 is 0 Å². The van der Waals surface area contributed by atoms with Crippen LogP contribution in [0, 0.1) is 0 Å². The van der Waals surface area contributed by atoms with Crippen molar-refractivity contribution in [2.24, 2.45) is 0 Å². The molecule has 0 spiro atoms. The molecule has 9 heteroatoms. The van der Waals surface area contributed by atoms with Crippen molar-refractivity contribution in [2.75, 3.05) is 6.54 Å². The molecule has 23 heavy (non-hydrogen) atoms. The summed E-state index contributed by atoms with van der Waals surface area (Å²) in [7, 11) is 0. The van der Waals surface area contributed by atoms with Crippen LogP contribution in [0.2, 0.25) is 10.0 Å². The second-order valence-electron chi connectivity index (χ2n) is 4.84. The third kappa shape index (κ3) is 3.12. The molecule has 2 amide bonds. The molecule has 0 saturated carbocycles. The maximum Gasteiger partial charge on any atom is 0.267 e. The minimum Gasteiger partial charge on any atom is -0.302 e. The summed E-state index contributed by atoms with van der Waals surface area (Å²) < 4.78 is 0.808. The molecular weight excluding hydrogens is 427 g/mol. The summed E-state index contributed by atoms with van der Waals surface area (Å²) in [6.45, 7) is -0.228. The van der Waals surface area contributed by atoms with E-state index in [1.165, 1.54) is 28.4 Å². The Morgan fingerprint density at radius 1 is 1.35 bits per heavy atom. The van der Waals surface area contributed by atoms with E-state index < -0.39 is 18.0 Å². The van der Waals surface area contributed by atoms with Gasteiger partial charge in [0.25, 0.3) is 11.8 Å². The number of nitrogens with zero attached hydrogens (tertiary/aromatic N) is 2. The van der Waals surface area contributed by atoms with Crippen LogP contribution in [0.5, 0.6) is 0 Å². The molecule has 3 rings (SSSR count). The number of hydrogen-bond acceptors (Lipinski definition) is 4. The molecule has 1 atom stereocenters. The summed E-state index contributed by atoms with van der Waals surface area (Å²) in [6.07, 6.45) is -0.877. The minimum absolute atomic E-state index is 0.192.